The first-order valence-corrected chi connectivity index (χ1v) is 6.31. The zero-order chi connectivity index (χ0) is 15.1. The Bertz CT molecular complexity index is 641. The van der Waals surface area contributed by atoms with Crippen LogP contribution in [-0.4, -0.2) is 11.7 Å². The molecule has 2 aromatic carbocycles. The lowest BCUT2D eigenvalue weighted by atomic mass is 10.2. The zero-order valence-electron chi connectivity index (χ0n) is 11.3. The van der Waals surface area contributed by atoms with Crippen molar-refractivity contribution in [3.05, 3.63) is 60.2 Å². The Morgan fingerprint density at radius 3 is 2.57 bits per heavy atom. The molecule has 6 heteroatoms. The van der Waals surface area contributed by atoms with Crippen molar-refractivity contribution in [2.75, 3.05) is 5.43 Å². The first-order valence-electron chi connectivity index (χ1n) is 6.31. The number of para-hydroxylation sites is 1. The minimum atomic E-state index is -0.772. The van der Waals surface area contributed by atoms with Crippen LogP contribution in [0.2, 0.25) is 0 Å². The second-order valence-electron chi connectivity index (χ2n) is 4.28. The number of rotatable bonds is 5. The second-order valence-corrected chi connectivity index (χ2v) is 4.28. The van der Waals surface area contributed by atoms with E-state index in [4.69, 9.17) is 16.2 Å². The van der Waals surface area contributed by atoms with Crippen molar-refractivity contribution in [2.45, 2.75) is 6.61 Å². The lowest BCUT2D eigenvalue weighted by Gasteiger charge is -2.07. The van der Waals surface area contributed by atoms with Crippen LogP contribution in [0.25, 0.3) is 0 Å². The number of nitrogens with zero attached hydrogens (tertiary/aromatic N) is 1. The zero-order valence-corrected chi connectivity index (χ0v) is 11.3. The fraction of sp³-hybridized carbons (Fsp3) is 0.0667. The van der Waals surface area contributed by atoms with Crippen molar-refractivity contribution in [1.29, 1.82) is 0 Å². The highest BCUT2D eigenvalue weighted by atomic mass is 16.5. The number of primary amides is 1. The highest BCUT2D eigenvalue weighted by Crippen LogP contribution is 2.14. The number of nitrogens with one attached hydrogen (secondary N) is 1. The average molecular weight is 284 g/mol. The molecule has 6 nitrogen and oxygen atoms in total. The summed E-state index contributed by atoms with van der Waals surface area (Å²) in [4.78, 5) is 10.8. The van der Waals surface area contributed by atoms with Gasteiger partial charge in [0.05, 0.1) is 5.69 Å². The molecule has 0 saturated carbocycles. The van der Waals surface area contributed by atoms with Gasteiger partial charge in [0.2, 0.25) is 5.84 Å². The first kappa shape index (κ1) is 14.4. The summed E-state index contributed by atoms with van der Waals surface area (Å²) in [6, 6.07) is 16.9. The van der Waals surface area contributed by atoms with E-state index in [1.807, 2.05) is 48.5 Å². The SMILES string of the molecule is NC(=O)C(N)=NNc1cccc(COc2ccccc2)c1. The van der Waals surface area contributed by atoms with Gasteiger partial charge >= 0.3 is 0 Å². The van der Waals surface area contributed by atoms with Gasteiger partial charge < -0.3 is 16.2 Å². The third kappa shape index (κ3) is 4.54. The number of carbonyl (C=O) groups excluding carboxylic acids is 1. The van der Waals surface area contributed by atoms with Gasteiger partial charge in [-0.25, -0.2) is 0 Å². The smallest absolute Gasteiger partial charge is 0.285 e. The summed E-state index contributed by atoms with van der Waals surface area (Å²) >= 11 is 0. The summed E-state index contributed by atoms with van der Waals surface area (Å²) in [5, 5.41) is 3.68. The number of amidine groups is 1. The van der Waals surface area contributed by atoms with E-state index in [0.717, 1.165) is 11.3 Å². The largest absolute Gasteiger partial charge is 0.489 e. The van der Waals surface area contributed by atoms with Gasteiger partial charge in [0.1, 0.15) is 12.4 Å². The molecule has 2 rings (SSSR count). The molecule has 0 radical (unpaired) electrons. The Hall–Kier alpha value is -3.02. The summed E-state index contributed by atoms with van der Waals surface area (Å²) in [6.45, 7) is 0.425. The maximum Gasteiger partial charge on any atom is 0.285 e. The molecule has 2 aromatic rings. The minimum absolute atomic E-state index is 0.277. The van der Waals surface area contributed by atoms with Crippen LogP contribution in [0.15, 0.2) is 59.7 Å². The third-order valence-electron chi connectivity index (χ3n) is 2.63. The molecular formula is C15H16N4O2. The molecule has 0 bridgehead atoms. The summed E-state index contributed by atoms with van der Waals surface area (Å²) in [7, 11) is 0. The molecule has 1 amide bonds. The number of hydrogen-bond donors (Lipinski definition) is 3. The number of nitrogens with two attached hydrogens (primary N) is 2. The van der Waals surface area contributed by atoms with Gasteiger partial charge in [-0.1, -0.05) is 30.3 Å². The van der Waals surface area contributed by atoms with E-state index in [-0.39, 0.29) is 5.84 Å². The molecule has 0 heterocycles. The topological polar surface area (TPSA) is 103 Å². The summed E-state index contributed by atoms with van der Waals surface area (Å²) in [6.07, 6.45) is 0. The van der Waals surface area contributed by atoms with Crippen molar-refractivity contribution in [3.8, 4) is 5.75 Å². The molecule has 21 heavy (non-hydrogen) atoms. The number of carbonyl (C=O) groups is 1. The van der Waals surface area contributed by atoms with Crippen LogP contribution in [0.4, 0.5) is 5.69 Å². The fourth-order valence-electron chi connectivity index (χ4n) is 1.59. The van der Waals surface area contributed by atoms with E-state index in [1.165, 1.54) is 0 Å². The van der Waals surface area contributed by atoms with Gasteiger partial charge in [-0.3, -0.25) is 10.2 Å². The molecule has 0 aliphatic rings. The summed E-state index contributed by atoms with van der Waals surface area (Å²) in [5.74, 6) is -0.251. The highest BCUT2D eigenvalue weighted by Gasteiger charge is 2.00. The Balaban J connectivity index is 1.98. The van der Waals surface area contributed by atoms with E-state index in [0.29, 0.717) is 12.3 Å². The van der Waals surface area contributed by atoms with Crippen LogP contribution < -0.4 is 21.6 Å². The second kappa shape index (κ2) is 6.95. The molecule has 0 aliphatic carbocycles. The van der Waals surface area contributed by atoms with E-state index in [2.05, 4.69) is 10.5 Å². The maximum absolute atomic E-state index is 10.8. The number of benzene rings is 2. The average Bonchev–Trinajstić information content (AvgIpc) is 2.52. The number of hydrazone groups is 1. The Morgan fingerprint density at radius 2 is 1.86 bits per heavy atom. The Morgan fingerprint density at radius 1 is 1.10 bits per heavy atom. The van der Waals surface area contributed by atoms with Crippen LogP contribution >= 0.6 is 0 Å². The summed E-state index contributed by atoms with van der Waals surface area (Å²) < 4.78 is 5.65. The van der Waals surface area contributed by atoms with Gasteiger partial charge in [0, 0.05) is 0 Å². The first-order chi connectivity index (χ1) is 10.1. The van der Waals surface area contributed by atoms with Gasteiger partial charge in [-0.05, 0) is 29.8 Å². The Kier molecular flexibility index (Phi) is 4.76. The molecular weight excluding hydrogens is 268 g/mol. The van der Waals surface area contributed by atoms with Gasteiger partial charge in [0.15, 0.2) is 0 Å². The molecule has 0 saturated heterocycles. The number of amides is 1. The van der Waals surface area contributed by atoms with Crippen LogP contribution in [0.3, 0.4) is 0 Å². The van der Waals surface area contributed by atoms with Crippen molar-refractivity contribution in [2.24, 2.45) is 16.6 Å². The summed E-state index contributed by atoms with van der Waals surface area (Å²) in [5.41, 5.74) is 14.6. The lowest BCUT2D eigenvalue weighted by molar-refractivity contribution is -0.112. The van der Waals surface area contributed by atoms with Gasteiger partial charge in [-0.15, -0.1) is 0 Å². The van der Waals surface area contributed by atoms with Crippen molar-refractivity contribution < 1.29 is 9.53 Å². The Labute approximate surface area is 122 Å². The van der Waals surface area contributed by atoms with Gasteiger partial charge in [-0.2, -0.15) is 5.10 Å². The van der Waals surface area contributed by atoms with Crippen LogP contribution in [0.1, 0.15) is 5.56 Å². The number of hydrogen-bond acceptors (Lipinski definition) is 4. The lowest BCUT2D eigenvalue weighted by Crippen LogP contribution is -2.31. The van der Waals surface area contributed by atoms with Crippen LogP contribution in [-0.2, 0) is 11.4 Å². The standard InChI is InChI=1S/C15H16N4O2/c16-14(15(17)20)19-18-12-6-4-5-11(9-12)10-21-13-7-2-1-3-8-13/h1-9,18H,10H2,(H2,16,19)(H2,17,20). The maximum atomic E-state index is 10.8. The fourth-order valence-corrected chi connectivity index (χ4v) is 1.59. The molecule has 0 fully saturated rings. The predicted octanol–water partition coefficient (Wildman–Crippen LogP) is 1.44. The molecule has 0 aliphatic heterocycles. The van der Waals surface area contributed by atoms with E-state index in [1.54, 1.807) is 6.07 Å². The molecule has 0 atom stereocenters. The minimum Gasteiger partial charge on any atom is -0.489 e. The van der Waals surface area contributed by atoms with Crippen LogP contribution in [0.5, 0.6) is 5.75 Å². The van der Waals surface area contributed by atoms with E-state index < -0.39 is 5.91 Å². The van der Waals surface area contributed by atoms with Gasteiger partial charge in [0.25, 0.3) is 5.91 Å². The van der Waals surface area contributed by atoms with E-state index in [9.17, 15) is 4.79 Å². The predicted molar refractivity (Wildman–Crippen MR) is 81.7 cm³/mol. The molecule has 0 spiro atoms. The number of anilines is 1. The van der Waals surface area contributed by atoms with Crippen molar-refractivity contribution in [1.82, 2.24) is 0 Å². The monoisotopic (exact) mass is 284 g/mol. The molecule has 0 aromatic heterocycles. The van der Waals surface area contributed by atoms with E-state index >= 15 is 0 Å². The molecule has 108 valence electrons. The van der Waals surface area contributed by atoms with Crippen LogP contribution in [0, 0.1) is 0 Å². The highest BCUT2D eigenvalue weighted by molar-refractivity contribution is 6.36. The molecule has 5 N–H and O–H groups in total. The van der Waals surface area contributed by atoms with Crippen molar-refractivity contribution >= 4 is 17.4 Å². The van der Waals surface area contributed by atoms with Crippen molar-refractivity contribution in [3.63, 3.8) is 0 Å². The normalized spacial score (nSPS) is 11.0. The quantitative estimate of drug-likeness (QED) is 0.439. The molecule has 0 unspecified atom stereocenters. The number of ether oxygens (including phenoxy) is 1. The third-order valence-corrected chi connectivity index (χ3v) is 2.63.